The summed E-state index contributed by atoms with van der Waals surface area (Å²) < 4.78 is 11.4. The summed E-state index contributed by atoms with van der Waals surface area (Å²) in [5.74, 6) is 0.998. The molecule has 6 nitrogen and oxygen atoms in total. The molecule has 6 heteroatoms. The molecule has 0 unspecified atom stereocenters. The number of ether oxygens (including phenoxy) is 2. The molecule has 0 saturated heterocycles. The van der Waals surface area contributed by atoms with E-state index in [1.807, 2.05) is 0 Å². The van der Waals surface area contributed by atoms with Crippen LogP contribution in [0.4, 0.5) is 10.6 Å². The van der Waals surface area contributed by atoms with E-state index in [2.05, 4.69) is 9.72 Å². The number of anilines is 1. The first kappa shape index (κ1) is 10.8. The van der Waals surface area contributed by atoms with Gasteiger partial charge >= 0.3 is 12.2 Å². The van der Waals surface area contributed by atoms with Gasteiger partial charge in [-0.25, -0.2) is 4.79 Å². The van der Waals surface area contributed by atoms with Crippen molar-refractivity contribution >= 4 is 12.0 Å². The summed E-state index contributed by atoms with van der Waals surface area (Å²) in [5, 5.41) is 0. The lowest BCUT2D eigenvalue weighted by molar-refractivity contribution is 0.0990. The maximum Gasteiger partial charge on any atom is 0.516 e. The molecule has 0 aromatic carbocycles. The monoisotopic (exact) mass is 225 g/mol. The minimum absolute atomic E-state index is 0.211. The minimum Gasteiger partial charge on any atom is -0.434 e. The molecule has 1 fully saturated rings. The van der Waals surface area contributed by atoms with Crippen molar-refractivity contribution in [3.05, 3.63) is 6.20 Å². The fourth-order valence-electron chi connectivity index (χ4n) is 1.43. The molecule has 1 aliphatic rings. The standard InChI is InChI=1S/C10H15N3O3/c1-2-15-10(14)16-9-12-8(11)6-13(9)5-7-3-4-7/h6-7H,2-5,11H2,1H3. The van der Waals surface area contributed by atoms with E-state index >= 15 is 0 Å². The van der Waals surface area contributed by atoms with Crippen molar-refractivity contribution in [2.24, 2.45) is 5.92 Å². The van der Waals surface area contributed by atoms with Crippen molar-refractivity contribution in [2.75, 3.05) is 12.3 Å². The van der Waals surface area contributed by atoms with Crippen molar-refractivity contribution in [1.82, 2.24) is 9.55 Å². The number of carbonyl (C=O) groups excluding carboxylic acids is 1. The van der Waals surface area contributed by atoms with Gasteiger partial charge in [0.15, 0.2) is 0 Å². The molecule has 88 valence electrons. The Hall–Kier alpha value is -1.72. The fraction of sp³-hybridized carbons (Fsp3) is 0.600. The SMILES string of the molecule is CCOC(=O)Oc1nc(N)cn1CC1CC1. The zero-order valence-electron chi connectivity index (χ0n) is 9.18. The predicted octanol–water partition coefficient (Wildman–Crippen LogP) is 1.41. The van der Waals surface area contributed by atoms with Crippen LogP contribution in [0.25, 0.3) is 0 Å². The Morgan fingerprint density at radius 2 is 2.44 bits per heavy atom. The second-order valence-electron chi connectivity index (χ2n) is 3.83. The Bertz CT molecular complexity index is 385. The molecule has 2 rings (SSSR count). The number of imidazole rings is 1. The Labute approximate surface area is 93.3 Å². The van der Waals surface area contributed by atoms with E-state index in [1.54, 1.807) is 17.7 Å². The van der Waals surface area contributed by atoms with Crippen LogP contribution in [0.15, 0.2) is 6.20 Å². The molecule has 1 aromatic rings. The Balaban J connectivity index is 2.02. The summed E-state index contributed by atoms with van der Waals surface area (Å²) >= 11 is 0. The average molecular weight is 225 g/mol. The highest BCUT2D eigenvalue weighted by Gasteiger charge is 2.24. The molecule has 0 radical (unpaired) electrons. The van der Waals surface area contributed by atoms with Gasteiger partial charge in [0, 0.05) is 6.54 Å². The molecule has 1 aliphatic carbocycles. The van der Waals surface area contributed by atoms with Gasteiger partial charge < -0.3 is 15.2 Å². The normalized spacial score (nSPS) is 14.8. The van der Waals surface area contributed by atoms with Gasteiger partial charge in [0.2, 0.25) is 0 Å². The van der Waals surface area contributed by atoms with Gasteiger partial charge in [-0.3, -0.25) is 4.57 Å². The van der Waals surface area contributed by atoms with Crippen LogP contribution < -0.4 is 10.5 Å². The van der Waals surface area contributed by atoms with Crippen LogP contribution in [-0.2, 0) is 11.3 Å². The number of nitrogens with two attached hydrogens (primary N) is 1. The van der Waals surface area contributed by atoms with Crippen LogP contribution in [0, 0.1) is 5.92 Å². The quantitative estimate of drug-likeness (QED) is 0.784. The van der Waals surface area contributed by atoms with Crippen molar-refractivity contribution in [1.29, 1.82) is 0 Å². The molecule has 1 saturated carbocycles. The van der Waals surface area contributed by atoms with E-state index in [0.29, 0.717) is 11.7 Å². The van der Waals surface area contributed by atoms with Crippen molar-refractivity contribution < 1.29 is 14.3 Å². The van der Waals surface area contributed by atoms with Gasteiger partial charge in [-0.15, -0.1) is 0 Å². The lowest BCUT2D eigenvalue weighted by Gasteiger charge is -2.06. The number of hydrogen-bond acceptors (Lipinski definition) is 5. The molecule has 2 N–H and O–H groups in total. The molecule has 1 aromatic heterocycles. The second-order valence-corrected chi connectivity index (χ2v) is 3.83. The first-order chi connectivity index (χ1) is 7.69. The van der Waals surface area contributed by atoms with Gasteiger partial charge in [0.05, 0.1) is 12.8 Å². The smallest absolute Gasteiger partial charge is 0.434 e. The molecular formula is C10H15N3O3. The lowest BCUT2D eigenvalue weighted by Crippen LogP contribution is -2.14. The summed E-state index contributed by atoms with van der Waals surface area (Å²) in [4.78, 5) is 15.1. The first-order valence-electron chi connectivity index (χ1n) is 5.36. The number of nitrogen functional groups attached to an aromatic ring is 1. The minimum atomic E-state index is -0.745. The van der Waals surface area contributed by atoms with Crippen LogP contribution in [0.2, 0.25) is 0 Å². The van der Waals surface area contributed by atoms with Crippen LogP contribution in [0.5, 0.6) is 6.01 Å². The van der Waals surface area contributed by atoms with Gasteiger partial charge in [-0.1, -0.05) is 0 Å². The highest BCUT2D eigenvalue weighted by molar-refractivity contribution is 5.62. The molecule has 16 heavy (non-hydrogen) atoms. The largest absolute Gasteiger partial charge is 0.516 e. The van der Waals surface area contributed by atoms with Crippen LogP contribution in [0.3, 0.4) is 0 Å². The molecular weight excluding hydrogens is 210 g/mol. The Kier molecular flexibility index (Phi) is 2.98. The molecule has 0 aliphatic heterocycles. The summed E-state index contributed by atoms with van der Waals surface area (Å²) in [5.41, 5.74) is 5.56. The third-order valence-electron chi connectivity index (χ3n) is 2.35. The highest BCUT2D eigenvalue weighted by Crippen LogP contribution is 2.32. The van der Waals surface area contributed by atoms with E-state index in [-0.39, 0.29) is 12.6 Å². The number of rotatable bonds is 4. The predicted molar refractivity (Wildman–Crippen MR) is 57.0 cm³/mol. The number of nitrogens with zero attached hydrogens (tertiary/aromatic N) is 2. The van der Waals surface area contributed by atoms with Gasteiger partial charge in [0.1, 0.15) is 5.82 Å². The lowest BCUT2D eigenvalue weighted by atomic mass is 10.4. The number of aromatic nitrogens is 2. The van der Waals surface area contributed by atoms with E-state index in [9.17, 15) is 4.79 Å². The number of hydrogen-bond donors (Lipinski definition) is 1. The first-order valence-corrected chi connectivity index (χ1v) is 5.36. The van der Waals surface area contributed by atoms with E-state index < -0.39 is 6.16 Å². The molecule has 1 heterocycles. The zero-order valence-corrected chi connectivity index (χ0v) is 9.18. The summed E-state index contributed by atoms with van der Waals surface area (Å²) in [6, 6.07) is 0.211. The maximum atomic E-state index is 11.1. The topological polar surface area (TPSA) is 79.4 Å². The zero-order chi connectivity index (χ0) is 11.5. The highest BCUT2D eigenvalue weighted by atomic mass is 16.7. The fourth-order valence-corrected chi connectivity index (χ4v) is 1.43. The third-order valence-corrected chi connectivity index (χ3v) is 2.35. The summed E-state index contributed by atoms with van der Waals surface area (Å²) in [6.07, 6.45) is 3.34. The molecule has 0 bridgehead atoms. The maximum absolute atomic E-state index is 11.1. The van der Waals surface area contributed by atoms with Gasteiger partial charge in [0.25, 0.3) is 0 Å². The van der Waals surface area contributed by atoms with Crippen LogP contribution in [0.1, 0.15) is 19.8 Å². The Morgan fingerprint density at radius 1 is 1.69 bits per heavy atom. The Morgan fingerprint density at radius 3 is 3.06 bits per heavy atom. The second kappa shape index (κ2) is 4.42. The van der Waals surface area contributed by atoms with Crippen molar-refractivity contribution in [2.45, 2.75) is 26.3 Å². The van der Waals surface area contributed by atoms with Crippen LogP contribution >= 0.6 is 0 Å². The van der Waals surface area contributed by atoms with Crippen LogP contribution in [-0.4, -0.2) is 22.3 Å². The summed E-state index contributed by atoms with van der Waals surface area (Å²) in [6.45, 7) is 2.78. The molecule has 0 spiro atoms. The average Bonchev–Trinajstić information content (AvgIpc) is 2.94. The van der Waals surface area contributed by atoms with E-state index in [4.69, 9.17) is 10.5 Å². The van der Waals surface area contributed by atoms with Crippen molar-refractivity contribution in [3.8, 4) is 6.01 Å². The third kappa shape index (κ3) is 2.65. The molecule has 0 atom stereocenters. The van der Waals surface area contributed by atoms with E-state index in [0.717, 1.165) is 6.54 Å². The number of carbonyl (C=O) groups is 1. The van der Waals surface area contributed by atoms with E-state index in [1.165, 1.54) is 12.8 Å². The van der Waals surface area contributed by atoms with Crippen molar-refractivity contribution in [3.63, 3.8) is 0 Å². The summed E-state index contributed by atoms with van der Waals surface area (Å²) in [7, 11) is 0. The molecule has 0 amide bonds. The van der Waals surface area contributed by atoms with Gasteiger partial charge in [-0.05, 0) is 25.7 Å². The van der Waals surface area contributed by atoms with Gasteiger partial charge in [-0.2, -0.15) is 4.98 Å².